The van der Waals surface area contributed by atoms with Gasteiger partial charge in [0.1, 0.15) is 30.2 Å². The lowest BCUT2D eigenvalue weighted by Crippen LogP contribution is -2.36. The van der Waals surface area contributed by atoms with Gasteiger partial charge >= 0.3 is 8.03 Å². The SMILES string of the molecule is COC1C(COP(C)(=O)C[P+](=O)O)OC(n2cnc3c(N)ncnc32)C1OC. The minimum Gasteiger partial charge on any atom is -0.382 e. The van der Waals surface area contributed by atoms with Crippen LogP contribution in [0.4, 0.5) is 5.82 Å². The average molecular weight is 434 g/mol. The first-order chi connectivity index (χ1) is 13.3. The van der Waals surface area contributed by atoms with E-state index in [1.165, 1.54) is 33.5 Å². The maximum absolute atomic E-state index is 12.3. The monoisotopic (exact) mass is 434 g/mol. The Bertz CT molecular complexity index is 909. The molecule has 3 heterocycles. The highest BCUT2D eigenvalue weighted by atomic mass is 31.2. The molecule has 1 aliphatic rings. The van der Waals surface area contributed by atoms with Crippen molar-refractivity contribution in [1.82, 2.24) is 19.5 Å². The Kier molecular flexibility index (Phi) is 6.41. The highest BCUT2D eigenvalue weighted by Crippen LogP contribution is 2.49. The number of fused-ring (bicyclic) bond motifs is 1. The minimum absolute atomic E-state index is 0.102. The summed E-state index contributed by atoms with van der Waals surface area (Å²) in [4.78, 5) is 21.3. The van der Waals surface area contributed by atoms with E-state index in [1.54, 1.807) is 4.57 Å². The number of ether oxygens (including phenoxy) is 3. The molecule has 14 heteroatoms. The van der Waals surface area contributed by atoms with E-state index in [0.29, 0.717) is 11.2 Å². The van der Waals surface area contributed by atoms with Gasteiger partial charge in [-0.15, -0.1) is 0 Å². The van der Waals surface area contributed by atoms with Crippen LogP contribution in [0.3, 0.4) is 0 Å². The van der Waals surface area contributed by atoms with Gasteiger partial charge < -0.3 is 24.5 Å². The number of nitrogens with zero attached hydrogens (tertiary/aromatic N) is 4. The Hall–Kier alpha value is -1.52. The quantitative estimate of drug-likeness (QED) is 0.569. The molecule has 1 saturated heterocycles. The Morgan fingerprint density at radius 2 is 2.04 bits per heavy atom. The second kappa shape index (κ2) is 8.46. The zero-order valence-electron chi connectivity index (χ0n) is 15.5. The second-order valence-corrected chi connectivity index (χ2v) is 10.5. The molecular formula is C14H22N5O7P2+. The maximum Gasteiger partial charge on any atom is 0.515 e. The van der Waals surface area contributed by atoms with Crippen molar-refractivity contribution in [3.8, 4) is 0 Å². The number of aromatic nitrogens is 4. The Balaban J connectivity index is 1.84. The Morgan fingerprint density at radius 3 is 2.68 bits per heavy atom. The number of nitrogens with two attached hydrogens (primary N) is 1. The molecule has 6 atom stereocenters. The zero-order chi connectivity index (χ0) is 20.5. The normalized spacial score (nSPS) is 27.8. The second-order valence-electron chi connectivity index (χ2n) is 6.35. The number of methoxy groups -OCH3 is 2. The van der Waals surface area contributed by atoms with Crippen molar-refractivity contribution < 1.29 is 32.8 Å². The van der Waals surface area contributed by atoms with Gasteiger partial charge in [0.05, 0.1) is 12.9 Å². The third kappa shape index (κ3) is 4.23. The summed E-state index contributed by atoms with van der Waals surface area (Å²) in [7, 11) is -2.82. The zero-order valence-corrected chi connectivity index (χ0v) is 17.3. The fourth-order valence-corrected chi connectivity index (χ4v) is 5.70. The molecule has 0 spiro atoms. The van der Waals surface area contributed by atoms with Crippen LogP contribution in [0, 0.1) is 0 Å². The number of anilines is 1. The molecule has 0 bridgehead atoms. The van der Waals surface area contributed by atoms with Crippen molar-refractivity contribution in [2.45, 2.75) is 24.5 Å². The third-order valence-corrected chi connectivity index (χ3v) is 8.10. The van der Waals surface area contributed by atoms with Crippen molar-refractivity contribution in [2.75, 3.05) is 39.1 Å². The lowest BCUT2D eigenvalue weighted by atomic mass is 10.1. The van der Waals surface area contributed by atoms with Crippen LogP contribution in [0.25, 0.3) is 11.2 Å². The topological polar surface area (TPSA) is 161 Å². The highest BCUT2D eigenvalue weighted by Gasteiger charge is 2.47. The van der Waals surface area contributed by atoms with E-state index in [9.17, 15) is 9.13 Å². The molecule has 0 aromatic carbocycles. The summed E-state index contributed by atoms with van der Waals surface area (Å²) >= 11 is 0. The minimum atomic E-state index is -3.26. The summed E-state index contributed by atoms with van der Waals surface area (Å²) in [6, 6.07) is 0. The molecule has 2 aromatic heterocycles. The lowest BCUT2D eigenvalue weighted by Gasteiger charge is -2.22. The first-order valence-corrected chi connectivity index (χ1v) is 11.9. The fourth-order valence-electron chi connectivity index (χ4n) is 3.15. The molecule has 2 aromatic rings. The molecule has 0 saturated carbocycles. The average Bonchev–Trinajstić information content (AvgIpc) is 3.20. The summed E-state index contributed by atoms with van der Waals surface area (Å²) in [6.45, 7) is 1.21. The standard InChI is InChI=1S/C14H21N5O7P2/c1-23-10-8(4-25-28(3,22)7-27(20)21)26-14(11(10)24-2)19-6-18-9-12(15)16-5-17-13(9)19/h5-6,8,10-11,14H,4,7H2,1-3H3,(H2-,15,16,17,20,21)/p+1. The van der Waals surface area contributed by atoms with Gasteiger partial charge in [-0.3, -0.25) is 9.13 Å². The van der Waals surface area contributed by atoms with Crippen LogP contribution >= 0.6 is 15.4 Å². The van der Waals surface area contributed by atoms with Crippen LogP contribution in [0.2, 0.25) is 0 Å². The van der Waals surface area contributed by atoms with Crippen molar-refractivity contribution in [3.63, 3.8) is 0 Å². The summed E-state index contributed by atoms with van der Waals surface area (Å²) in [6.07, 6.45) is 0.454. The third-order valence-electron chi connectivity index (χ3n) is 4.38. The predicted molar refractivity (Wildman–Crippen MR) is 99.4 cm³/mol. The number of nitrogen functional groups attached to an aromatic ring is 1. The number of hydrogen-bond donors (Lipinski definition) is 2. The molecule has 6 unspecified atom stereocenters. The van der Waals surface area contributed by atoms with E-state index >= 15 is 0 Å². The van der Waals surface area contributed by atoms with Crippen LogP contribution in [0.1, 0.15) is 6.23 Å². The van der Waals surface area contributed by atoms with Gasteiger partial charge in [-0.25, -0.2) is 15.0 Å². The van der Waals surface area contributed by atoms with Gasteiger partial charge in [-0.2, -0.15) is 4.89 Å². The van der Waals surface area contributed by atoms with E-state index in [1.807, 2.05) is 0 Å². The summed E-state index contributed by atoms with van der Waals surface area (Å²) < 4.78 is 47.5. The van der Waals surface area contributed by atoms with Crippen molar-refractivity contribution in [1.29, 1.82) is 0 Å². The summed E-state index contributed by atoms with van der Waals surface area (Å²) in [5.41, 5.74) is 6.73. The van der Waals surface area contributed by atoms with E-state index in [4.69, 9.17) is 29.4 Å². The number of hydrogen-bond acceptors (Lipinski definition) is 10. The van der Waals surface area contributed by atoms with Gasteiger partial charge in [0, 0.05) is 20.9 Å². The van der Waals surface area contributed by atoms with Crippen molar-refractivity contribution in [2.24, 2.45) is 0 Å². The molecule has 3 N–H and O–H groups in total. The van der Waals surface area contributed by atoms with E-state index < -0.39 is 45.8 Å². The molecule has 0 radical (unpaired) electrons. The Labute approximate surface area is 161 Å². The molecule has 0 amide bonds. The van der Waals surface area contributed by atoms with Gasteiger partial charge in [-0.1, -0.05) is 0 Å². The van der Waals surface area contributed by atoms with E-state index in [2.05, 4.69) is 15.0 Å². The smallest absolute Gasteiger partial charge is 0.382 e. The Morgan fingerprint density at radius 1 is 1.32 bits per heavy atom. The fraction of sp³-hybridized carbons (Fsp3) is 0.643. The molecular weight excluding hydrogens is 412 g/mol. The number of rotatable bonds is 8. The van der Waals surface area contributed by atoms with Crippen LogP contribution < -0.4 is 5.73 Å². The van der Waals surface area contributed by atoms with Crippen LogP contribution in [-0.4, -0.2) is 76.1 Å². The largest absolute Gasteiger partial charge is 0.515 e. The van der Waals surface area contributed by atoms with E-state index in [0.717, 1.165) is 0 Å². The predicted octanol–water partition coefficient (Wildman–Crippen LogP) is 0.953. The van der Waals surface area contributed by atoms with Crippen molar-refractivity contribution >= 4 is 32.4 Å². The first-order valence-electron chi connectivity index (χ1n) is 8.26. The summed E-state index contributed by atoms with van der Waals surface area (Å²) in [5, 5.41) is 0. The van der Waals surface area contributed by atoms with Crippen LogP contribution in [0.5, 0.6) is 0 Å². The van der Waals surface area contributed by atoms with Crippen molar-refractivity contribution in [3.05, 3.63) is 12.7 Å². The van der Waals surface area contributed by atoms with Gasteiger partial charge in [0.15, 0.2) is 17.7 Å². The molecule has 1 fully saturated rings. The summed E-state index contributed by atoms with van der Waals surface area (Å²) in [5.74, 6) is -0.185. The van der Waals surface area contributed by atoms with E-state index in [-0.39, 0.29) is 12.4 Å². The maximum atomic E-state index is 12.3. The van der Waals surface area contributed by atoms with Gasteiger partial charge in [0.2, 0.25) is 7.37 Å². The molecule has 12 nitrogen and oxygen atoms in total. The molecule has 28 heavy (non-hydrogen) atoms. The number of imidazole rings is 1. The molecule has 0 aliphatic carbocycles. The van der Waals surface area contributed by atoms with Crippen LogP contribution in [0.15, 0.2) is 12.7 Å². The highest BCUT2D eigenvalue weighted by molar-refractivity contribution is 7.68. The molecule has 1 aliphatic heterocycles. The lowest BCUT2D eigenvalue weighted by molar-refractivity contribution is -0.0558. The molecule has 154 valence electrons. The molecule has 3 rings (SSSR count). The van der Waals surface area contributed by atoms with Gasteiger partial charge in [-0.05, 0) is 4.57 Å². The first kappa shape index (κ1) is 21.2. The van der Waals surface area contributed by atoms with Gasteiger partial charge in [0.25, 0.3) is 5.90 Å². The van der Waals surface area contributed by atoms with Crippen LogP contribution in [-0.2, 0) is 27.9 Å².